The highest BCUT2D eigenvalue weighted by Crippen LogP contribution is 2.15. The van der Waals surface area contributed by atoms with E-state index in [9.17, 15) is 0 Å². The summed E-state index contributed by atoms with van der Waals surface area (Å²) in [6.07, 6.45) is 0.923. The predicted octanol–water partition coefficient (Wildman–Crippen LogP) is 1.97. The summed E-state index contributed by atoms with van der Waals surface area (Å²) < 4.78 is 10.8. The summed E-state index contributed by atoms with van der Waals surface area (Å²) in [4.78, 5) is 4.47. The van der Waals surface area contributed by atoms with Crippen LogP contribution in [0.4, 0.5) is 0 Å². The zero-order valence-corrected chi connectivity index (χ0v) is 13.3. The van der Waals surface area contributed by atoms with Gasteiger partial charge in [0.15, 0.2) is 5.96 Å². The van der Waals surface area contributed by atoms with Crippen molar-refractivity contribution in [1.29, 1.82) is 0 Å². The first-order valence-corrected chi connectivity index (χ1v) is 7.47. The van der Waals surface area contributed by atoms with E-state index in [4.69, 9.17) is 9.47 Å². The lowest BCUT2D eigenvalue weighted by atomic mass is 10.2. The van der Waals surface area contributed by atoms with E-state index in [2.05, 4.69) is 22.5 Å². The quantitative estimate of drug-likeness (QED) is 0.415. The number of para-hydroxylation sites is 1. The number of benzene rings is 1. The smallest absolute Gasteiger partial charge is 0.191 e. The molecule has 0 unspecified atom stereocenters. The third-order valence-electron chi connectivity index (χ3n) is 2.87. The SMILES string of the molecule is CCNC(=NCCCOC)NCCOc1ccccc1C. The van der Waals surface area contributed by atoms with Crippen molar-refractivity contribution in [3.8, 4) is 5.75 Å². The normalized spacial score (nSPS) is 11.3. The highest BCUT2D eigenvalue weighted by molar-refractivity contribution is 5.79. The predicted molar refractivity (Wildman–Crippen MR) is 87.1 cm³/mol. The lowest BCUT2D eigenvalue weighted by Gasteiger charge is -2.13. The van der Waals surface area contributed by atoms with Gasteiger partial charge in [-0.2, -0.15) is 0 Å². The zero-order chi connectivity index (χ0) is 15.3. The fraction of sp³-hybridized carbons (Fsp3) is 0.562. The van der Waals surface area contributed by atoms with Crippen LogP contribution >= 0.6 is 0 Å². The molecular weight excluding hydrogens is 266 g/mol. The molecule has 0 aliphatic rings. The van der Waals surface area contributed by atoms with Gasteiger partial charge in [-0.15, -0.1) is 0 Å². The third-order valence-corrected chi connectivity index (χ3v) is 2.87. The maximum Gasteiger partial charge on any atom is 0.191 e. The van der Waals surface area contributed by atoms with Crippen LogP contribution < -0.4 is 15.4 Å². The number of hydrogen-bond acceptors (Lipinski definition) is 3. The van der Waals surface area contributed by atoms with Gasteiger partial charge >= 0.3 is 0 Å². The van der Waals surface area contributed by atoms with Crippen LogP contribution in [-0.2, 0) is 4.74 Å². The van der Waals surface area contributed by atoms with Crippen LogP contribution in [0.5, 0.6) is 5.75 Å². The van der Waals surface area contributed by atoms with Crippen LogP contribution in [-0.4, -0.2) is 45.9 Å². The van der Waals surface area contributed by atoms with Crippen LogP contribution in [0.3, 0.4) is 0 Å². The first-order chi connectivity index (χ1) is 10.3. The molecule has 0 fully saturated rings. The minimum Gasteiger partial charge on any atom is -0.491 e. The number of aliphatic imine (C=N–C) groups is 1. The molecule has 21 heavy (non-hydrogen) atoms. The highest BCUT2D eigenvalue weighted by Gasteiger charge is 1.99. The molecule has 1 rings (SSSR count). The number of guanidine groups is 1. The Hall–Kier alpha value is -1.75. The van der Waals surface area contributed by atoms with Gasteiger partial charge in [0.2, 0.25) is 0 Å². The van der Waals surface area contributed by atoms with Gasteiger partial charge in [0.05, 0.1) is 6.54 Å². The molecule has 0 amide bonds. The van der Waals surface area contributed by atoms with Gasteiger partial charge in [-0.25, -0.2) is 0 Å². The number of methoxy groups -OCH3 is 1. The van der Waals surface area contributed by atoms with Gasteiger partial charge in [0.25, 0.3) is 0 Å². The van der Waals surface area contributed by atoms with E-state index < -0.39 is 0 Å². The molecule has 1 aromatic rings. The van der Waals surface area contributed by atoms with E-state index in [0.717, 1.165) is 43.4 Å². The average molecular weight is 293 g/mol. The van der Waals surface area contributed by atoms with E-state index >= 15 is 0 Å². The number of aryl methyl sites for hydroxylation is 1. The maximum atomic E-state index is 5.74. The maximum absolute atomic E-state index is 5.74. The van der Waals surface area contributed by atoms with Gasteiger partial charge in [0.1, 0.15) is 12.4 Å². The van der Waals surface area contributed by atoms with E-state index in [1.165, 1.54) is 0 Å². The minimum atomic E-state index is 0.605. The molecule has 0 atom stereocenters. The molecule has 0 spiro atoms. The standard InChI is InChI=1S/C16H27N3O2/c1-4-17-16(18-10-7-12-20-3)19-11-13-21-15-9-6-5-8-14(15)2/h5-6,8-9H,4,7,10-13H2,1-3H3,(H2,17,18,19). The number of nitrogens with one attached hydrogen (secondary N) is 2. The number of ether oxygens (including phenoxy) is 2. The fourth-order valence-corrected chi connectivity index (χ4v) is 1.79. The van der Waals surface area contributed by atoms with E-state index in [-0.39, 0.29) is 0 Å². The number of rotatable bonds is 9. The van der Waals surface area contributed by atoms with Crippen molar-refractivity contribution in [2.45, 2.75) is 20.3 Å². The second-order valence-corrected chi connectivity index (χ2v) is 4.65. The molecule has 0 heterocycles. The molecule has 0 aromatic heterocycles. The van der Waals surface area contributed by atoms with Gasteiger partial charge < -0.3 is 20.1 Å². The van der Waals surface area contributed by atoms with E-state index in [1.807, 2.05) is 31.2 Å². The Morgan fingerprint density at radius 2 is 2.00 bits per heavy atom. The molecule has 0 bridgehead atoms. The van der Waals surface area contributed by atoms with E-state index in [0.29, 0.717) is 13.2 Å². The Morgan fingerprint density at radius 1 is 1.19 bits per heavy atom. The molecule has 5 heteroatoms. The summed E-state index contributed by atoms with van der Waals surface area (Å²) in [5.74, 6) is 1.75. The van der Waals surface area contributed by atoms with Crippen LogP contribution in [0, 0.1) is 6.92 Å². The second-order valence-electron chi connectivity index (χ2n) is 4.65. The first kappa shape index (κ1) is 17.3. The minimum absolute atomic E-state index is 0.605. The summed E-state index contributed by atoms with van der Waals surface area (Å²) in [6.45, 7) is 7.74. The Kier molecular flexibility index (Phi) is 9.04. The Labute approximate surface area is 127 Å². The van der Waals surface area contributed by atoms with Crippen molar-refractivity contribution in [2.75, 3.05) is 40.0 Å². The number of nitrogens with zero attached hydrogens (tertiary/aromatic N) is 1. The second kappa shape index (κ2) is 11.0. The molecule has 1 aromatic carbocycles. The van der Waals surface area contributed by atoms with Crippen molar-refractivity contribution in [2.24, 2.45) is 4.99 Å². The largest absolute Gasteiger partial charge is 0.491 e. The molecule has 5 nitrogen and oxygen atoms in total. The van der Waals surface area contributed by atoms with Gasteiger partial charge in [-0.1, -0.05) is 18.2 Å². The molecule has 0 saturated carbocycles. The first-order valence-electron chi connectivity index (χ1n) is 7.47. The van der Waals surface area contributed by atoms with Crippen LogP contribution in [0.15, 0.2) is 29.3 Å². The molecule has 118 valence electrons. The van der Waals surface area contributed by atoms with Crippen LogP contribution in [0.2, 0.25) is 0 Å². The van der Waals surface area contributed by atoms with Crippen molar-refractivity contribution in [3.63, 3.8) is 0 Å². The van der Waals surface area contributed by atoms with Gasteiger partial charge in [-0.3, -0.25) is 4.99 Å². The average Bonchev–Trinajstić information content (AvgIpc) is 2.49. The summed E-state index contributed by atoms with van der Waals surface area (Å²) in [6, 6.07) is 8.02. The third kappa shape index (κ3) is 7.56. The molecule has 0 aliphatic carbocycles. The lowest BCUT2D eigenvalue weighted by Crippen LogP contribution is -2.39. The molecule has 0 aliphatic heterocycles. The van der Waals surface area contributed by atoms with Crippen molar-refractivity contribution in [1.82, 2.24) is 10.6 Å². The monoisotopic (exact) mass is 293 g/mol. The van der Waals surface area contributed by atoms with E-state index in [1.54, 1.807) is 7.11 Å². The number of hydrogen-bond donors (Lipinski definition) is 2. The molecule has 0 radical (unpaired) electrons. The lowest BCUT2D eigenvalue weighted by molar-refractivity contribution is 0.197. The molecular formula is C16H27N3O2. The summed E-state index contributed by atoms with van der Waals surface area (Å²) in [5, 5.41) is 6.47. The summed E-state index contributed by atoms with van der Waals surface area (Å²) in [5.41, 5.74) is 1.15. The van der Waals surface area contributed by atoms with Crippen molar-refractivity contribution in [3.05, 3.63) is 29.8 Å². The van der Waals surface area contributed by atoms with Crippen LogP contribution in [0.25, 0.3) is 0 Å². The molecule has 0 saturated heterocycles. The zero-order valence-electron chi connectivity index (χ0n) is 13.3. The highest BCUT2D eigenvalue weighted by atomic mass is 16.5. The Morgan fingerprint density at radius 3 is 2.71 bits per heavy atom. The fourth-order valence-electron chi connectivity index (χ4n) is 1.79. The topological polar surface area (TPSA) is 54.9 Å². The molecule has 2 N–H and O–H groups in total. The summed E-state index contributed by atoms with van der Waals surface area (Å²) in [7, 11) is 1.70. The van der Waals surface area contributed by atoms with Gasteiger partial charge in [-0.05, 0) is 31.9 Å². The van der Waals surface area contributed by atoms with Gasteiger partial charge in [0, 0.05) is 26.8 Å². The Bertz CT molecular complexity index is 422. The van der Waals surface area contributed by atoms with Crippen LogP contribution in [0.1, 0.15) is 18.9 Å². The summed E-state index contributed by atoms with van der Waals surface area (Å²) >= 11 is 0. The van der Waals surface area contributed by atoms with Crippen molar-refractivity contribution >= 4 is 5.96 Å². The van der Waals surface area contributed by atoms with Crippen molar-refractivity contribution < 1.29 is 9.47 Å². The Balaban J connectivity index is 2.28.